The number of nitrogens with zero attached hydrogens (tertiary/aromatic N) is 1. The van der Waals surface area contributed by atoms with Gasteiger partial charge in [-0.2, -0.15) is 0 Å². The Morgan fingerprint density at radius 1 is 1.22 bits per heavy atom. The molecule has 1 saturated carbocycles. The third-order valence-electron chi connectivity index (χ3n) is 3.99. The fourth-order valence-electron chi connectivity index (χ4n) is 3.02. The maximum atomic E-state index is 4.58. The number of rotatable bonds is 5. The van der Waals surface area contributed by atoms with Gasteiger partial charge < -0.3 is 5.32 Å². The highest BCUT2D eigenvalue weighted by Crippen LogP contribution is 2.32. The van der Waals surface area contributed by atoms with Gasteiger partial charge in [-0.1, -0.05) is 38.7 Å². The van der Waals surface area contributed by atoms with E-state index in [4.69, 9.17) is 0 Å². The fourth-order valence-corrected chi connectivity index (χ4v) is 3.02. The summed E-state index contributed by atoms with van der Waals surface area (Å²) in [5.41, 5.74) is 1.23. The predicted molar refractivity (Wildman–Crippen MR) is 76.5 cm³/mol. The molecule has 0 bridgehead atoms. The van der Waals surface area contributed by atoms with Crippen LogP contribution in [0.5, 0.6) is 0 Å². The molecular weight excluding hydrogens is 220 g/mol. The van der Waals surface area contributed by atoms with Crippen molar-refractivity contribution in [1.29, 1.82) is 0 Å². The fraction of sp³-hybridized carbons (Fsp3) is 0.688. The lowest BCUT2D eigenvalue weighted by atomic mass is 9.89. The van der Waals surface area contributed by atoms with E-state index < -0.39 is 0 Å². The van der Waals surface area contributed by atoms with Crippen molar-refractivity contribution in [2.24, 2.45) is 5.92 Å². The Labute approximate surface area is 111 Å². The molecule has 1 heterocycles. The first-order valence-electron chi connectivity index (χ1n) is 7.56. The molecule has 0 saturated heterocycles. The highest BCUT2D eigenvalue weighted by molar-refractivity contribution is 5.10. The van der Waals surface area contributed by atoms with Gasteiger partial charge in [0.1, 0.15) is 0 Å². The summed E-state index contributed by atoms with van der Waals surface area (Å²) >= 11 is 0. The largest absolute Gasteiger partial charge is 0.308 e. The summed E-state index contributed by atoms with van der Waals surface area (Å²) in [5.74, 6) is 0.772. The second-order valence-corrected chi connectivity index (χ2v) is 5.44. The van der Waals surface area contributed by atoms with E-state index in [0.29, 0.717) is 6.04 Å². The monoisotopic (exact) mass is 246 g/mol. The number of aromatic nitrogens is 1. The number of pyridine rings is 1. The van der Waals surface area contributed by atoms with Crippen LogP contribution in [0.2, 0.25) is 0 Å². The summed E-state index contributed by atoms with van der Waals surface area (Å²) in [4.78, 5) is 4.58. The molecule has 1 atom stereocenters. The molecular formula is C16H26N2. The van der Waals surface area contributed by atoms with Crippen LogP contribution in [0.1, 0.15) is 63.6 Å². The predicted octanol–water partition coefficient (Wildman–Crippen LogP) is 4.09. The van der Waals surface area contributed by atoms with Crippen LogP contribution < -0.4 is 5.32 Å². The van der Waals surface area contributed by atoms with Crippen molar-refractivity contribution >= 4 is 0 Å². The van der Waals surface area contributed by atoms with Crippen molar-refractivity contribution in [1.82, 2.24) is 10.3 Å². The lowest BCUT2D eigenvalue weighted by molar-refractivity contribution is 0.320. The molecule has 0 aromatic carbocycles. The molecule has 1 fully saturated rings. The van der Waals surface area contributed by atoms with Crippen molar-refractivity contribution < 1.29 is 0 Å². The smallest absolute Gasteiger partial charge is 0.0576 e. The third kappa shape index (κ3) is 3.81. The molecule has 2 heteroatoms. The van der Waals surface area contributed by atoms with Crippen molar-refractivity contribution in [2.75, 3.05) is 6.54 Å². The summed E-state index contributed by atoms with van der Waals surface area (Å²) in [5, 5.41) is 3.72. The molecule has 1 unspecified atom stereocenters. The minimum absolute atomic E-state index is 0.462. The quantitative estimate of drug-likeness (QED) is 0.791. The van der Waals surface area contributed by atoms with Gasteiger partial charge in [-0.05, 0) is 43.9 Å². The van der Waals surface area contributed by atoms with Gasteiger partial charge >= 0.3 is 0 Å². The van der Waals surface area contributed by atoms with Crippen LogP contribution in [0.15, 0.2) is 24.4 Å². The zero-order valence-electron chi connectivity index (χ0n) is 11.6. The Morgan fingerprint density at radius 3 is 2.61 bits per heavy atom. The normalized spacial score (nSPS) is 19.4. The minimum atomic E-state index is 0.462. The van der Waals surface area contributed by atoms with Crippen molar-refractivity contribution in [3.05, 3.63) is 30.1 Å². The molecule has 0 amide bonds. The molecule has 0 radical (unpaired) electrons. The zero-order valence-corrected chi connectivity index (χ0v) is 11.6. The van der Waals surface area contributed by atoms with Crippen LogP contribution in [-0.2, 0) is 0 Å². The highest BCUT2D eigenvalue weighted by Gasteiger charge is 2.24. The highest BCUT2D eigenvalue weighted by atomic mass is 14.9. The first kappa shape index (κ1) is 13.5. The second kappa shape index (κ2) is 7.52. The van der Waals surface area contributed by atoms with Crippen molar-refractivity contribution in [3.8, 4) is 0 Å². The lowest BCUT2D eigenvalue weighted by Crippen LogP contribution is -2.29. The van der Waals surface area contributed by atoms with Crippen LogP contribution >= 0.6 is 0 Å². The number of hydrogen-bond acceptors (Lipinski definition) is 2. The Morgan fingerprint density at radius 2 is 2.00 bits per heavy atom. The Hall–Kier alpha value is -0.890. The maximum Gasteiger partial charge on any atom is 0.0576 e. The lowest BCUT2D eigenvalue weighted by Gasteiger charge is -2.27. The Kier molecular flexibility index (Phi) is 5.66. The van der Waals surface area contributed by atoms with Gasteiger partial charge in [-0.25, -0.2) is 0 Å². The number of hydrogen-bond donors (Lipinski definition) is 1. The van der Waals surface area contributed by atoms with Crippen LogP contribution in [0.25, 0.3) is 0 Å². The van der Waals surface area contributed by atoms with E-state index in [1.165, 1.54) is 50.6 Å². The van der Waals surface area contributed by atoms with E-state index in [2.05, 4.69) is 29.4 Å². The van der Waals surface area contributed by atoms with E-state index in [1.807, 2.05) is 12.3 Å². The van der Waals surface area contributed by atoms with Crippen LogP contribution in [0.4, 0.5) is 0 Å². The van der Waals surface area contributed by atoms with E-state index in [1.54, 1.807) is 0 Å². The van der Waals surface area contributed by atoms with E-state index in [-0.39, 0.29) is 0 Å². The van der Waals surface area contributed by atoms with Gasteiger partial charge in [0.2, 0.25) is 0 Å². The third-order valence-corrected chi connectivity index (χ3v) is 3.99. The molecule has 18 heavy (non-hydrogen) atoms. The molecule has 1 aliphatic rings. The summed E-state index contributed by atoms with van der Waals surface area (Å²) in [6.45, 7) is 3.33. The first-order valence-corrected chi connectivity index (χ1v) is 7.56. The van der Waals surface area contributed by atoms with Crippen LogP contribution in [0, 0.1) is 5.92 Å². The van der Waals surface area contributed by atoms with Gasteiger partial charge in [0.25, 0.3) is 0 Å². The molecule has 1 aromatic heterocycles. The maximum absolute atomic E-state index is 4.58. The summed E-state index contributed by atoms with van der Waals surface area (Å²) < 4.78 is 0. The average molecular weight is 246 g/mol. The second-order valence-electron chi connectivity index (χ2n) is 5.44. The van der Waals surface area contributed by atoms with E-state index in [9.17, 15) is 0 Å². The standard InChI is InChI=1S/C16H26N2/c1-2-12-18-16(15-11-7-8-13-17-15)14-9-5-3-4-6-10-14/h7-8,11,13-14,16,18H,2-6,9-10,12H2,1H3. The van der Waals surface area contributed by atoms with Crippen molar-refractivity contribution in [2.45, 2.75) is 57.9 Å². The Balaban J connectivity index is 2.08. The number of nitrogens with one attached hydrogen (secondary N) is 1. The SMILES string of the molecule is CCCNC(c1ccccn1)C1CCCCCC1. The summed E-state index contributed by atoms with van der Waals surface area (Å²) in [7, 11) is 0. The minimum Gasteiger partial charge on any atom is -0.308 e. The molecule has 1 N–H and O–H groups in total. The van der Waals surface area contributed by atoms with Gasteiger partial charge in [-0.3, -0.25) is 4.98 Å². The molecule has 0 aliphatic heterocycles. The van der Waals surface area contributed by atoms with Crippen LogP contribution in [-0.4, -0.2) is 11.5 Å². The Bertz CT molecular complexity index is 315. The van der Waals surface area contributed by atoms with E-state index in [0.717, 1.165) is 12.5 Å². The van der Waals surface area contributed by atoms with Gasteiger partial charge in [-0.15, -0.1) is 0 Å². The molecule has 2 nitrogen and oxygen atoms in total. The van der Waals surface area contributed by atoms with Gasteiger partial charge in [0, 0.05) is 6.20 Å². The summed E-state index contributed by atoms with van der Waals surface area (Å²) in [6.07, 6.45) is 11.4. The summed E-state index contributed by atoms with van der Waals surface area (Å²) in [6, 6.07) is 6.76. The van der Waals surface area contributed by atoms with Gasteiger partial charge in [0.15, 0.2) is 0 Å². The molecule has 100 valence electrons. The zero-order chi connectivity index (χ0) is 12.6. The van der Waals surface area contributed by atoms with Crippen LogP contribution in [0.3, 0.4) is 0 Å². The first-order chi connectivity index (χ1) is 8.92. The van der Waals surface area contributed by atoms with Crippen molar-refractivity contribution in [3.63, 3.8) is 0 Å². The average Bonchev–Trinajstić information content (AvgIpc) is 2.70. The van der Waals surface area contributed by atoms with E-state index >= 15 is 0 Å². The topological polar surface area (TPSA) is 24.9 Å². The molecule has 1 aromatic rings. The molecule has 1 aliphatic carbocycles. The van der Waals surface area contributed by atoms with Gasteiger partial charge in [0.05, 0.1) is 11.7 Å². The molecule has 2 rings (SSSR count). The molecule has 0 spiro atoms.